The van der Waals surface area contributed by atoms with Crippen LogP contribution in [0, 0.1) is 5.92 Å². The molecule has 0 bridgehead atoms. The van der Waals surface area contributed by atoms with Gasteiger partial charge in [0.25, 0.3) is 0 Å². The van der Waals surface area contributed by atoms with Gasteiger partial charge in [-0.2, -0.15) is 0 Å². The van der Waals surface area contributed by atoms with Crippen molar-refractivity contribution in [2.45, 2.75) is 6.92 Å². The molecule has 0 aliphatic heterocycles. The van der Waals surface area contributed by atoms with E-state index in [1.54, 1.807) is 0 Å². The lowest BCUT2D eigenvalue weighted by Crippen LogP contribution is -2.25. The molecule has 0 saturated heterocycles. The van der Waals surface area contributed by atoms with Crippen molar-refractivity contribution in [3.63, 3.8) is 0 Å². The minimum Gasteiger partial charge on any atom is -0.481 e. The molecule has 1 aliphatic carbocycles. The molecule has 74 valence electrons. The summed E-state index contributed by atoms with van der Waals surface area (Å²) in [5.41, 5.74) is 0.00917. The van der Waals surface area contributed by atoms with E-state index in [4.69, 9.17) is 10.3 Å². The van der Waals surface area contributed by atoms with Crippen molar-refractivity contribution in [1.29, 1.82) is 0 Å². The SMILES string of the molecule is CC(C(=O)O)C1=CC=CC(=O)C1=NO. The molecule has 1 rings (SSSR count). The fourth-order valence-corrected chi connectivity index (χ4v) is 1.13. The Kier molecular flexibility index (Phi) is 2.81. The Bertz CT molecular complexity index is 365. The molecule has 0 radical (unpaired) electrons. The standard InChI is InChI=1S/C9H9NO4/c1-5(9(12)13)6-3-2-4-7(11)8(6)10-14/h2-5,14H,1H3,(H,12,13). The minimum atomic E-state index is -1.07. The zero-order valence-electron chi connectivity index (χ0n) is 7.47. The lowest BCUT2D eigenvalue weighted by atomic mass is 9.91. The summed E-state index contributed by atoms with van der Waals surface area (Å²) in [6, 6.07) is 0. The highest BCUT2D eigenvalue weighted by atomic mass is 16.4. The number of hydrogen-bond acceptors (Lipinski definition) is 4. The largest absolute Gasteiger partial charge is 0.481 e. The van der Waals surface area contributed by atoms with Gasteiger partial charge in [-0.3, -0.25) is 9.59 Å². The predicted molar refractivity (Wildman–Crippen MR) is 48.3 cm³/mol. The maximum absolute atomic E-state index is 11.2. The van der Waals surface area contributed by atoms with E-state index in [0.717, 1.165) is 0 Å². The van der Waals surface area contributed by atoms with E-state index >= 15 is 0 Å². The number of rotatable bonds is 2. The number of nitrogens with zero attached hydrogens (tertiary/aromatic N) is 1. The van der Waals surface area contributed by atoms with Crippen LogP contribution in [0.25, 0.3) is 0 Å². The van der Waals surface area contributed by atoms with Gasteiger partial charge in [-0.1, -0.05) is 17.3 Å². The van der Waals surface area contributed by atoms with Gasteiger partial charge in [0.15, 0.2) is 5.71 Å². The van der Waals surface area contributed by atoms with Crippen molar-refractivity contribution >= 4 is 17.5 Å². The molecular weight excluding hydrogens is 186 g/mol. The molecule has 14 heavy (non-hydrogen) atoms. The molecule has 0 saturated carbocycles. The van der Waals surface area contributed by atoms with E-state index in [2.05, 4.69) is 5.16 Å². The second-order valence-electron chi connectivity index (χ2n) is 2.85. The van der Waals surface area contributed by atoms with Gasteiger partial charge in [0.2, 0.25) is 5.78 Å². The lowest BCUT2D eigenvalue weighted by Gasteiger charge is -2.13. The fourth-order valence-electron chi connectivity index (χ4n) is 1.13. The van der Waals surface area contributed by atoms with E-state index in [0.29, 0.717) is 0 Å². The van der Waals surface area contributed by atoms with Gasteiger partial charge in [-0.15, -0.1) is 0 Å². The summed E-state index contributed by atoms with van der Waals surface area (Å²) < 4.78 is 0. The molecule has 0 aromatic carbocycles. The first-order chi connectivity index (χ1) is 6.57. The average molecular weight is 195 g/mol. The van der Waals surface area contributed by atoms with Crippen LogP contribution in [0.5, 0.6) is 0 Å². The van der Waals surface area contributed by atoms with Crippen LogP contribution in [-0.2, 0) is 9.59 Å². The van der Waals surface area contributed by atoms with Gasteiger partial charge in [0, 0.05) is 0 Å². The summed E-state index contributed by atoms with van der Waals surface area (Å²) in [5.74, 6) is -2.42. The Balaban J connectivity index is 3.08. The summed E-state index contributed by atoms with van der Waals surface area (Å²) in [5, 5.41) is 20.1. The van der Waals surface area contributed by atoms with Crippen molar-refractivity contribution < 1.29 is 19.9 Å². The van der Waals surface area contributed by atoms with Crippen LogP contribution in [-0.4, -0.2) is 27.8 Å². The van der Waals surface area contributed by atoms with Crippen LogP contribution < -0.4 is 0 Å². The quantitative estimate of drug-likeness (QED) is 0.383. The van der Waals surface area contributed by atoms with Crippen molar-refractivity contribution in [1.82, 2.24) is 0 Å². The number of ketones is 1. The minimum absolute atomic E-state index is 0.206. The van der Waals surface area contributed by atoms with Gasteiger partial charge in [-0.05, 0) is 18.6 Å². The number of carbonyl (C=O) groups is 2. The fraction of sp³-hybridized carbons (Fsp3) is 0.222. The molecule has 0 aromatic rings. The third-order valence-corrected chi connectivity index (χ3v) is 1.97. The maximum Gasteiger partial charge on any atom is 0.310 e. The van der Waals surface area contributed by atoms with Gasteiger partial charge >= 0.3 is 5.97 Å². The number of carboxylic acids is 1. The van der Waals surface area contributed by atoms with E-state index in [-0.39, 0.29) is 11.3 Å². The number of hydrogen-bond donors (Lipinski definition) is 2. The summed E-state index contributed by atoms with van der Waals surface area (Å²) in [6.07, 6.45) is 4.11. The summed E-state index contributed by atoms with van der Waals surface area (Å²) in [7, 11) is 0. The molecule has 0 amide bonds. The second kappa shape index (κ2) is 3.87. The molecular formula is C9H9NO4. The van der Waals surface area contributed by atoms with Gasteiger partial charge in [-0.25, -0.2) is 0 Å². The Hall–Kier alpha value is -1.91. The van der Waals surface area contributed by atoms with E-state index in [1.807, 2.05) is 0 Å². The highest BCUT2D eigenvalue weighted by Gasteiger charge is 2.26. The molecule has 2 N–H and O–H groups in total. The van der Waals surface area contributed by atoms with Gasteiger partial charge < -0.3 is 10.3 Å². The maximum atomic E-state index is 11.2. The van der Waals surface area contributed by atoms with Gasteiger partial charge in [0.05, 0.1) is 5.92 Å². The third-order valence-electron chi connectivity index (χ3n) is 1.97. The number of carboxylic acid groups (broad SMARTS) is 1. The Morgan fingerprint density at radius 2 is 2.21 bits per heavy atom. The Labute approximate surface area is 80.0 Å². The summed E-state index contributed by atoms with van der Waals surface area (Å²) in [6.45, 7) is 1.42. The normalized spacial score (nSPS) is 20.8. The zero-order valence-corrected chi connectivity index (χ0v) is 7.47. The first-order valence-electron chi connectivity index (χ1n) is 3.95. The summed E-state index contributed by atoms with van der Waals surface area (Å²) in [4.78, 5) is 21.8. The Morgan fingerprint density at radius 3 is 2.71 bits per heavy atom. The van der Waals surface area contributed by atoms with Crippen LogP contribution in [0.1, 0.15) is 6.92 Å². The van der Waals surface area contributed by atoms with Crippen LogP contribution in [0.15, 0.2) is 29.0 Å². The van der Waals surface area contributed by atoms with Crippen LogP contribution >= 0.6 is 0 Å². The predicted octanol–water partition coefficient (Wildman–Crippen LogP) is 0.603. The van der Waals surface area contributed by atoms with Crippen molar-refractivity contribution in [2.75, 3.05) is 0 Å². The number of aliphatic carboxylic acids is 1. The van der Waals surface area contributed by atoms with E-state index in [9.17, 15) is 9.59 Å². The summed E-state index contributed by atoms with van der Waals surface area (Å²) >= 11 is 0. The van der Waals surface area contributed by atoms with Crippen LogP contribution in [0.4, 0.5) is 0 Å². The van der Waals surface area contributed by atoms with Crippen LogP contribution in [0.2, 0.25) is 0 Å². The molecule has 5 heteroatoms. The highest BCUT2D eigenvalue weighted by Crippen LogP contribution is 2.17. The number of carbonyl (C=O) groups excluding carboxylic acids is 1. The lowest BCUT2D eigenvalue weighted by molar-refractivity contribution is -0.139. The zero-order chi connectivity index (χ0) is 10.7. The highest BCUT2D eigenvalue weighted by molar-refractivity contribution is 6.50. The first kappa shape index (κ1) is 10.2. The second-order valence-corrected chi connectivity index (χ2v) is 2.85. The monoisotopic (exact) mass is 195 g/mol. The molecule has 0 heterocycles. The molecule has 1 unspecified atom stereocenters. The van der Waals surface area contributed by atoms with Crippen LogP contribution in [0.3, 0.4) is 0 Å². The molecule has 0 aromatic heterocycles. The molecule has 1 aliphatic rings. The first-order valence-corrected chi connectivity index (χ1v) is 3.95. The topological polar surface area (TPSA) is 87.0 Å². The van der Waals surface area contributed by atoms with E-state index in [1.165, 1.54) is 25.2 Å². The molecule has 5 nitrogen and oxygen atoms in total. The third kappa shape index (κ3) is 1.71. The van der Waals surface area contributed by atoms with Crippen molar-refractivity contribution in [2.24, 2.45) is 11.1 Å². The number of allylic oxidation sites excluding steroid dienone is 3. The molecule has 0 spiro atoms. The van der Waals surface area contributed by atoms with Crippen molar-refractivity contribution in [3.05, 3.63) is 23.8 Å². The Morgan fingerprint density at radius 1 is 1.57 bits per heavy atom. The molecule has 1 atom stereocenters. The average Bonchev–Trinajstić information content (AvgIpc) is 2.16. The van der Waals surface area contributed by atoms with Gasteiger partial charge in [0.1, 0.15) is 0 Å². The van der Waals surface area contributed by atoms with E-state index < -0.39 is 17.7 Å². The number of oxime groups is 1. The van der Waals surface area contributed by atoms with Crippen molar-refractivity contribution in [3.8, 4) is 0 Å². The molecule has 0 fully saturated rings. The smallest absolute Gasteiger partial charge is 0.310 e.